The third-order valence-electron chi connectivity index (χ3n) is 1.70. The van der Waals surface area contributed by atoms with E-state index in [0.29, 0.717) is 0 Å². The van der Waals surface area contributed by atoms with Crippen molar-refractivity contribution in [2.24, 2.45) is 0 Å². The zero-order valence-corrected chi connectivity index (χ0v) is 9.41. The van der Waals surface area contributed by atoms with Gasteiger partial charge in [0, 0.05) is 0 Å². The fraction of sp³-hybridized carbons (Fsp3) is 0.750. The summed E-state index contributed by atoms with van der Waals surface area (Å²) >= 11 is 0. The highest BCUT2D eigenvalue weighted by atomic mass is 32.2. The molecule has 1 unspecified atom stereocenters. The van der Waals surface area contributed by atoms with Gasteiger partial charge in [0.15, 0.2) is 9.84 Å². The van der Waals surface area contributed by atoms with E-state index in [0.717, 1.165) is 0 Å². The molecule has 0 saturated heterocycles. The summed E-state index contributed by atoms with van der Waals surface area (Å²) in [7, 11) is -3.73. The molecule has 0 aromatic heterocycles. The number of rotatable bonds is 6. The molecule has 0 saturated carbocycles. The van der Waals surface area contributed by atoms with Crippen LogP contribution < -0.4 is 0 Å². The molecule has 88 valence electrons. The van der Waals surface area contributed by atoms with Crippen LogP contribution in [-0.2, 0) is 24.2 Å². The Kier molecular flexibility index (Phi) is 5.27. The van der Waals surface area contributed by atoms with E-state index in [4.69, 9.17) is 5.11 Å². The summed E-state index contributed by atoms with van der Waals surface area (Å²) in [5.41, 5.74) is 0. The average Bonchev–Trinajstić information content (AvgIpc) is 2.01. The zero-order chi connectivity index (χ0) is 12.1. The van der Waals surface area contributed by atoms with Crippen LogP contribution in [0.15, 0.2) is 0 Å². The van der Waals surface area contributed by atoms with Crippen molar-refractivity contribution in [2.75, 3.05) is 12.4 Å². The minimum absolute atomic E-state index is 0.0989. The molecular formula is C8H14O6S. The standard InChI is InChI=1S/C8H14O6S/c1-3-14-8(11)5-15(12,13)6(2)4-7(9)10/h6H,3-5H2,1-2H3,(H,9,10). The van der Waals surface area contributed by atoms with Crippen molar-refractivity contribution in [1.82, 2.24) is 0 Å². The van der Waals surface area contributed by atoms with Gasteiger partial charge in [0.1, 0.15) is 5.75 Å². The van der Waals surface area contributed by atoms with Crippen LogP contribution in [0.1, 0.15) is 20.3 Å². The van der Waals surface area contributed by atoms with Gasteiger partial charge in [0.25, 0.3) is 0 Å². The molecule has 0 rings (SSSR count). The van der Waals surface area contributed by atoms with Crippen molar-refractivity contribution in [1.29, 1.82) is 0 Å². The topological polar surface area (TPSA) is 97.7 Å². The predicted molar refractivity (Wildman–Crippen MR) is 52.1 cm³/mol. The number of carbonyl (C=O) groups excluding carboxylic acids is 1. The molecule has 0 aromatic rings. The molecule has 0 aliphatic heterocycles. The first-order valence-electron chi connectivity index (χ1n) is 4.38. The molecule has 0 amide bonds. The lowest BCUT2D eigenvalue weighted by Gasteiger charge is -2.09. The van der Waals surface area contributed by atoms with Gasteiger partial charge in [-0.25, -0.2) is 8.42 Å². The lowest BCUT2D eigenvalue weighted by atomic mass is 10.3. The number of aliphatic carboxylic acids is 1. The predicted octanol–water partition coefficient (Wildman–Crippen LogP) is -0.173. The molecule has 15 heavy (non-hydrogen) atoms. The Morgan fingerprint density at radius 3 is 2.33 bits per heavy atom. The summed E-state index contributed by atoms with van der Waals surface area (Å²) in [6, 6.07) is 0. The largest absolute Gasteiger partial charge is 0.481 e. The Morgan fingerprint density at radius 1 is 1.40 bits per heavy atom. The van der Waals surface area contributed by atoms with Gasteiger partial charge in [-0.05, 0) is 13.8 Å². The molecule has 0 aliphatic rings. The molecule has 0 heterocycles. The third-order valence-corrected chi connectivity index (χ3v) is 3.73. The van der Waals surface area contributed by atoms with Crippen LogP contribution in [0.2, 0.25) is 0 Å². The van der Waals surface area contributed by atoms with Crippen LogP contribution in [-0.4, -0.2) is 43.1 Å². The van der Waals surface area contributed by atoms with Gasteiger partial charge in [-0.1, -0.05) is 0 Å². The summed E-state index contributed by atoms with van der Waals surface area (Å²) in [6.07, 6.45) is -0.512. The molecule has 1 atom stereocenters. The van der Waals surface area contributed by atoms with E-state index in [-0.39, 0.29) is 6.61 Å². The Labute approximate surface area is 88.2 Å². The second-order valence-corrected chi connectivity index (χ2v) is 5.44. The van der Waals surface area contributed by atoms with E-state index in [1.165, 1.54) is 6.92 Å². The first-order valence-corrected chi connectivity index (χ1v) is 6.10. The quantitative estimate of drug-likeness (QED) is 0.645. The number of ether oxygens (including phenoxy) is 1. The lowest BCUT2D eigenvalue weighted by Crippen LogP contribution is -2.28. The average molecular weight is 238 g/mol. The fourth-order valence-electron chi connectivity index (χ4n) is 0.882. The first kappa shape index (κ1) is 13.9. The summed E-state index contributed by atoms with van der Waals surface area (Å²) < 4.78 is 27.2. The maximum Gasteiger partial charge on any atom is 0.321 e. The van der Waals surface area contributed by atoms with E-state index < -0.39 is 39.2 Å². The highest BCUT2D eigenvalue weighted by Crippen LogP contribution is 2.07. The maximum absolute atomic E-state index is 11.4. The van der Waals surface area contributed by atoms with Crippen molar-refractivity contribution < 1.29 is 27.9 Å². The molecule has 1 N–H and O–H groups in total. The van der Waals surface area contributed by atoms with Crippen molar-refractivity contribution in [3.8, 4) is 0 Å². The number of carboxylic acids is 1. The summed E-state index contributed by atoms with van der Waals surface area (Å²) in [4.78, 5) is 21.2. The van der Waals surface area contributed by atoms with E-state index in [9.17, 15) is 18.0 Å². The van der Waals surface area contributed by atoms with Gasteiger partial charge in [-0.2, -0.15) is 0 Å². The number of sulfone groups is 1. The fourth-order valence-corrected chi connectivity index (χ4v) is 1.97. The monoisotopic (exact) mass is 238 g/mol. The Balaban J connectivity index is 4.41. The van der Waals surface area contributed by atoms with Gasteiger partial charge in [0.05, 0.1) is 18.3 Å². The highest BCUT2D eigenvalue weighted by molar-refractivity contribution is 7.92. The SMILES string of the molecule is CCOC(=O)CS(=O)(=O)C(C)CC(=O)O. The van der Waals surface area contributed by atoms with Crippen LogP contribution in [0.3, 0.4) is 0 Å². The summed E-state index contributed by atoms with van der Waals surface area (Å²) in [5.74, 6) is -2.83. The van der Waals surface area contributed by atoms with Crippen molar-refractivity contribution in [2.45, 2.75) is 25.5 Å². The van der Waals surface area contributed by atoms with Gasteiger partial charge in [-0.3, -0.25) is 9.59 Å². The number of carboxylic acid groups (broad SMARTS) is 1. The third kappa shape index (κ3) is 5.36. The lowest BCUT2D eigenvalue weighted by molar-refractivity contribution is -0.140. The highest BCUT2D eigenvalue weighted by Gasteiger charge is 2.26. The van der Waals surface area contributed by atoms with Crippen LogP contribution in [0.4, 0.5) is 0 Å². The number of hydrogen-bond acceptors (Lipinski definition) is 5. The number of esters is 1. The smallest absolute Gasteiger partial charge is 0.321 e. The van der Waals surface area contributed by atoms with Gasteiger partial charge >= 0.3 is 11.9 Å². The van der Waals surface area contributed by atoms with Crippen LogP contribution >= 0.6 is 0 Å². The molecule has 7 heteroatoms. The Hall–Kier alpha value is -1.11. The van der Waals surface area contributed by atoms with E-state index in [1.54, 1.807) is 6.92 Å². The summed E-state index contributed by atoms with van der Waals surface area (Å²) in [5, 5.41) is 7.32. The molecule has 0 spiro atoms. The molecule has 0 radical (unpaired) electrons. The van der Waals surface area contributed by atoms with E-state index in [2.05, 4.69) is 4.74 Å². The Bertz CT molecular complexity index is 331. The van der Waals surface area contributed by atoms with Crippen LogP contribution in [0.25, 0.3) is 0 Å². The second kappa shape index (κ2) is 5.69. The minimum Gasteiger partial charge on any atom is -0.481 e. The van der Waals surface area contributed by atoms with Crippen molar-refractivity contribution >= 4 is 21.8 Å². The zero-order valence-electron chi connectivity index (χ0n) is 8.60. The van der Waals surface area contributed by atoms with E-state index in [1.807, 2.05) is 0 Å². The number of hydrogen-bond donors (Lipinski definition) is 1. The van der Waals surface area contributed by atoms with E-state index >= 15 is 0 Å². The van der Waals surface area contributed by atoms with Crippen LogP contribution in [0.5, 0.6) is 0 Å². The second-order valence-electron chi connectivity index (χ2n) is 3.02. The summed E-state index contributed by atoms with van der Waals surface area (Å²) in [6.45, 7) is 2.91. The minimum atomic E-state index is -3.73. The van der Waals surface area contributed by atoms with Gasteiger partial charge in [0.2, 0.25) is 0 Å². The van der Waals surface area contributed by atoms with Gasteiger partial charge in [-0.15, -0.1) is 0 Å². The molecule has 6 nitrogen and oxygen atoms in total. The number of carbonyl (C=O) groups is 2. The molecule has 0 aliphatic carbocycles. The van der Waals surface area contributed by atoms with Crippen LogP contribution in [0, 0.1) is 0 Å². The molecular weight excluding hydrogens is 224 g/mol. The molecule has 0 fully saturated rings. The first-order chi connectivity index (χ1) is 6.79. The van der Waals surface area contributed by atoms with Crippen molar-refractivity contribution in [3.63, 3.8) is 0 Å². The van der Waals surface area contributed by atoms with Crippen molar-refractivity contribution in [3.05, 3.63) is 0 Å². The Morgan fingerprint density at radius 2 is 1.93 bits per heavy atom. The van der Waals surface area contributed by atoms with Gasteiger partial charge < -0.3 is 9.84 Å². The maximum atomic E-state index is 11.4. The molecule has 0 aromatic carbocycles. The molecule has 0 bridgehead atoms. The normalized spacial score (nSPS) is 13.2.